The minimum atomic E-state index is 0.507. The third kappa shape index (κ3) is 4.39. The Morgan fingerprint density at radius 2 is 2.15 bits per heavy atom. The van der Waals surface area contributed by atoms with E-state index in [0.717, 1.165) is 18.7 Å². The van der Waals surface area contributed by atoms with Gasteiger partial charge < -0.3 is 15.0 Å². The highest BCUT2D eigenvalue weighted by Gasteiger charge is 2.15. The predicted molar refractivity (Wildman–Crippen MR) is 53.8 cm³/mol. The van der Waals surface area contributed by atoms with Crippen LogP contribution < -0.4 is 5.32 Å². The Morgan fingerprint density at radius 1 is 1.46 bits per heavy atom. The summed E-state index contributed by atoms with van der Waals surface area (Å²) in [6.45, 7) is 3.97. The zero-order valence-electron chi connectivity index (χ0n) is 8.46. The van der Waals surface area contributed by atoms with Crippen LogP contribution in [0.15, 0.2) is 0 Å². The first kappa shape index (κ1) is 10.7. The Labute approximate surface area is 80.5 Å². The number of carbonyl (C=O) groups is 1. The van der Waals surface area contributed by atoms with Gasteiger partial charge in [-0.2, -0.15) is 0 Å². The number of rotatable bonds is 5. The van der Waals surface area contributed by atoms with E-state index in [0.29, 0.717) is 6.54 Å². The molecule has 3 heteroatoms. The Hall–Kier alpha value is -0.410. The largest absolute Gasteiger partial charge is 0.310 e. The highest BCUT2D eigenvalue weighted by Crippen LogP contribution is 2.18. The van der Waals surface area contributed by atoms with E-state index in [1.807, 2.05) is 0 Å². The van der Waals surface area contributed by atoms with Crippen molar-refractivity contribution in [2.24, 2.45) is 5.92 Å². The molecule has 0 aliphatic carbocycles. The maximum atomic E-state index is 10.0. The molecule has 0 radical (unpaired) electrons. The molecule has 0 aromatic rings. The quantitative estimate of drug-likeness (QED) is 0.499. The van der Waals surface area contributed by atoms with Gasteiger partial charge in [-0.05, 0) is 51.9 Å². The molecule has 0 bridgehead atoms. The van der Waals surface area contributed by atoms with Gasteiger partial charge in [0.2, 0.25) is 0 Å². The second kappa shape index (κ2) is 6.11. The van der Waals surface area contributed by atoms with E-state index in [4.69, 9.17) is 0 Å². The minimum absolute atomic E-state index is 0.507. The van der Waals surface area contributed by atoms with E-state index in [9.17, 15) is 4.79 Å². The number of nitrogens with zero attached hydrogens (tertiary/aromatic N) is 1. The van der Waals surface area contributed by atoms with Crippen LogP contribution in [-0.2, 0) is 4.79 Å². The molecule has 0 saturated carbocycles. The lowest BCUT2D eigenvalue weighted by molar-refractivity contribution is -0.107. The zero-order chi connectivity index (χ0) is 9.52. The molecule has 76 valence electrons. The van der Waals surface area contributed by atoms with Gasteiger partial charge >= 0.3 is 0 Å². The number of nitrogens with one attached hydrogen (secondary N) is 1. The van der Waals surface area contributed by atoms with E-state index < -0.39 is 0 Å². The van der Waals surface area contributed by atoms with Crippen molar-refractivity contribution in [3.8, 4) is 0 Å². The maximum absolute atomic E-state index is 10.0. The lowest BCUT2D eigenvalue weighted by atomic mass is 9.94. The van der Waals surface area contributed by atoms with Crippen molar-refractivity contribution >= 4 is 6.29 Å². The summed E-state index contributed by atoms with van der Waals surface area (Å²) in [6.07, 6.45) is 4.79. The van der Waals surface area contributed by atoms with Crippen molar-refractivity contribution < 1.29 is 4.79 Å². The highest BCUT2D eigenvalue weighted by molar-refractivity contribution is 5.51. The number of hydrogen-bond donors (Lipinski definition) is 1. The molecule has 1 aliphatic heterocycles. The van der Waals surface area contributed by atoms with Crippen LogP contribution in [0.1, 0.15) is 19.3 Å². The molecule has 0 aromatic carbocycles. The Balaban J connectivity index is 1.99. The van der Waals surface area contributed by atoms with Gasteiger partial charge in [0, 0.05) is 0 Å². The summed E-state index contributed by atoms with van der Waals surface area (Å²) in [5.41, 5.74) is 0. The minimum Gasteiger partial charge on any atom is -0.310 e. The number of likely N-dealkylation sites (tertiary alicyclic amines) is 1. The molecule has 0 amide bonds. The normalized spacial score (nSPS) is 20.4. The molecule has 0 spiro atoms. The number of carbonyl (C=O) groups excluding carboxylic acids is 1. The number of aldehydes is 1. The first-order chi connectivity index (χ1) is 6.33. The molecule has 1 aliphatic rings. The van der Waals surface area contributed by atoms with Gasteiger partial charge in [0.25, 0.3) is 0 Å². The summed E-state index contributed by atoms with van der Waals surface area (Å²) in [4.78, 5) is 12.4. The monoisotopic (exact) mass is 184 g/mol. The van der Waals surface area contributed by atoms with Crippen LogP contribution in [0, 0.1) is 5.92 Å². The first-order valence-corrected chi connectivity index (χ1v) is 5.16. The Bertz CT molecular complexity index is 142. The van der Waals surface area contributed by atoms with Crippen LogP contribution in [-0.4, -0.2) is 44.4 Å². The summed E-state index contributed by atoms with van der Waals surface area (Å²) in [5, 5.41) is 3.11. The van der Waals surface area contributed by atoms with Crippen molar-refractivity contribution in [3.63, 3.8) is 0 Å². The van der Waals surface area contributed by atoms with Gasteiger partial charge in [0.05, 0.1) is 6.54 Å². The summed E-state index contributed by atoms with van der Waals surface area (Å²) in [7, 11) is 2.18. The third-order valence-corrected chi connectivity index (χ3v) is 2.80. The molecule has 1 saturated heterocycles. The van der Waals surface area contributed by atoms with Crippen LogP contribution in [0.2, 0.25) is 0 Å². The van der Waals surface area contributed by atoms with Crippen LogP contribution in [0.25, 0.3) is 0 Å². The smallest absolute Gasteiger partial charge is 0.133 e. The molecule has 0 unspecified atom stereocenters. The second-order valence-electron chi connectivity index (χ2n) is 3.91. The summed E-state index contributed by atoms with van der Waals surface area (Å²) < 4.78 is 0. The van der Waals surface area contributed by atoms with Crippen LogP contribution in [0.3, 0.4) is 0 Å². The number of piperidine rings is 1. The molecular weight excluding hydrogens is 164 g/mol. The van der Waals surface area contributed by atoms with E-state index in [1.54, 1.807) is 0 Å². The summed E-state index contributed by atoms with van der Waals surface area (Å²) >= 11 is 0. The molecular formula is C10H20N2O. The van der Waals surface area contributed by atoms with Gasteiger partial charge in [-0.1, -0.05) is 0 Å². The lowest BCUT2D eigenvalue weighted by Gasteiger charge is -2.28. The fourth-order valence-corrected chi connectivity index (χ4v) is 1.82. The SMILES string of the molecule is CN1CCC(CCNCC=O)CC1. The topological polar surface area (TPSA) is 32.3 Å². The van der Waals surface area contributed by atoms with E-state index in [-0.39, 0.29) is 0 Å². The second-order valence-corrected chi connectivity index (χ2v) is 3.91. The van der Waals surface area contributed by atoms with Crippen molar-refractivity contribution in [2.45, 2.75) is 19.3 Å². The first-order valence-electron chi connectivity index (χ1n) is 5.16. The Morgan fingerprint density at radius 3 is 2.77 bits per heavy atom. The van der Waals surface area contributed by atoms with Crippen LogP contribution >= 0.6 is 0 Å². The lowest BCUT2D eigenvalue weighted by Crippen LogP contribution is -2.31. The predicted octanol–water partition coefficient (Wildman–Crippen LogP) is 0.507. The molecule has 1 N–H and O–H groups in total. The van der Waals surface area contributed by atoms with Gasteiger partial charge in [-0.25, -0.2) is 0 Å². The van der Waals surface area contributed by atoms with E-state index in [1.165, 1.54) is 32.4 Å². The van der Waals surface area contributed by atoms with Crippen molar-refractivity contribution in [1.29, 1.82) is 0 Å². The fraction of sp³-hybridized carbons (Fsp3) is 0.900. The van der Waals surface area contributed by atoms with Crippen LogP contribution in [0.4, 0.5) is 0 Å². The number of hydrogen-bond acceptors (Lipinski definition) is 3. The van der Waals surface area contributed by atoms with Crippen molar-refractivity contribution in [2.75, 3.05) is 33.2 Å². The summed E-state index contributed by atoms with van der Waals surface area (Å²) in [6, 6.07) is 0. The average Bonchev–Trinajstić information content (AvgIpc) is 2.15. The van der Waals surface area contributed by atoms with Crippen molar-refractivity contribution in [3.05, 3.63) is 0 Å². The van der Waals surface area contributed by atoms with Gasteiger partial charge in [-0.15, -0.1) is 0 Å². The highest BCUT2D eigenvalue weighted by atomic mass is 16.1. The Kier molecular flexibility index (Phi) is 5.01. The molecule has 1 rings (SSSR count). The average molecular weight is 184 g/mol. The molecule has 0 aromatic heterocycles. The van der Waals surface area contributed by atoms with Gasteiger partial charge in [0.15, 0.2) is 0 Å². The summed E-state index contributed by atoms with van der Waals surface area (Å²) in [5.74, 6) is 0.871. The maximum Gasteiger partial charge on any atom is 0.133 e. The van der Waals surface area contributed by atoms with Gasteiger partial charge in [-0.3, -0.25) is 0 Å². The molecule has 0 atom stereocenters. The third-order valence-electron chi connectivity index (χ3n) is 2.80. The van der Waals surface area contributed by atoms with E-state index in [2.05, 4.69) is 17.3 Å². The molecule has 1 fully saturated rings. The molecule has 3 nitrogen and oxygen atoms in total. The van der Waals surface area contributed by atoms with Crippen LogP contribution in [0.5, 0.6) is 0 Å². The van der Waals surface area contributed by atoms with Gasteiger partial charge in [0.1, 0.15) is 6.29 Å². The standard InChI is InChI=1S/C10H20N2O/c1-12-7-3-10(4-8-12)2-5-11-6-9-13/h9-11H,2-8H2,1H3. The molecule has 13 heavy (non-hydrogen) atoms. The van der Waals surface area contributed by atoms with E-state index >= 15 is 0 Å². The van der Waals surface area contributed by atoms with Crippen molar-refractivity contribution in [1.82, 2.24) is 10.2 Å². The zero-order valence-corrected chi connectivity index (χ0v) is 8.46. The molecule has 1 heterocycles. The fourth-order valence-electron chi connectivity index (χ4n) is 1.82.